The zero-order valence-electron chi connectivity index (χ0n) is 11.9. The van der Waals surface area contributed by atoms with Gasteiger partial charge in [0.05, 0.1) is 6.04 Å². The molecule has 108 valence electrons. The lowest BCUT2D eigenvalue weighted by molar-refractivity contribution is 0.424. The topological polar surface area (TPSA) is 63.0 Å². The molecule has 0 fully saturated rings. The second kappa shape index (κ2) is 6.85. The van der Waals surface area contributed by atoms with Crippen molar-refractivity contribution in [2.45, 2.75) is 33.2 Å². The van der Waals surface area contributed by atoms with E-state index in [1.165, 1.54) is 0 Å². The summed E-state index contributed by atoms with van der Waals surface area (Å²) < 4.78 is 6.63. The number of hydrogen-bond acceptors (Lipinski definition) is 5. The fraction of sp³-hybridized carbons (Fsp3) is 0.429. The van der Waals surface area contributed by atoms with E-state index in [-0.39, 0.29) is 6.04 Å². The zero-order valence-corrected chi connectivity index (χ0v) is 13.5. The maximum atomic E-state index is 5.62. The Morgan fingerprint density at radius 3 is 2.80 bits per heavy atom. The first kappa shape index (κ1) is 15.0. The predicted octanol–water partition coefficient (Wildman–Crippen LogP) is 3.94. The molecule has 5 nitrogen and oxygen atoms in total. The first-order valence-electron chi connectivity index (χ1n) is 6.69. The van der Waals surface area contributed by atoms with E-state index in [2.05, 4.69) is 43.7 Å². The molecule has 0 saturated heterocycles. The molecule has 1 aromatic heterocycles. The van der Waals surface area contributed by atoms with Crippen LogP contribution in [0.25, 0.3) is 0 Å². The van der Waals surface area contributed by atoms with Crippen LogP contribution in [0.3, 0.4) is 0 Å². The first-order valence-corrected chi connectivity index (χ1v) is 7.48. The lowest BCUT2D eigenvalue weighted by Crippen LogP contribution is -2.19. The first-order chi connectivity index (χ1) is 9.58. The minimum absolute atomic E-state index is 0.0576. The molecule has 2 N–H and O–H groups in total. The number of aromatic nitrogens is 2. The third kappa shape index (κ3) is 4.05. The molecule has 1 aromatic carbocycles. The van der Waals surface area contributed by atoms with Gasteiger partial charge < -0.3 is 15.1 Å². The summed E-state index contributed by atoms with van der Waals surface area (Å²) in [7, 11) is 0. The molecule has 1 heterocycles. The summed E-state index contributed by atoms with van der Waals surface area (Å²) in [5.74, 6) is 0.590. The highest BCUT2D eigenvalue weighted by Gasteiger charge is 2.13. The van der Waals surface area contributed by atoms with Crippen molar-refractivity contribution in [3.63, 3.8) is 0 Å². The fourth-order valence-electron chi connectivity index (χ4n) is 1.84. The molecule has 0 amide bonds. The smallest absolute Gasteiger partial charge is 0.320 e. The van der Waals surface area contributed by atoms with E-state index in [1.807, 2.05) is 32.0 Å². The number of aryl methyl sites for hydroxylation is 1. The normalized spacial score (nSPS) is 12.4. The van der Waals surface area contributed by atoms with Crippen molar-refractivity contribution in [3.05, 3.63) is 34.1 Å². The van der Waals surface area contributed by atoms with Gasteiger partial charge in [0.25, 0.3) is 0 Å². The number of nitrogens with one attached hydrogen (secondary N) is 2. The minimum atomic E-state index is 0.0576. The molecule has 0 aliphatic rings. The van der Waals surface area contributed by atoms with Crippen LogP contribution in [0, 0.1) is 6.92 Å². The monoisotopic (exact) mass is 338 g/mol. The molecule has 0 saturated carbocycles. The van der Waals surface area contributed by atoms with Crippen molar-refractivity contribution in [3.8, 4) is 0 Å². The van der Waals surface area contributed by atoms with Gasteiger partial charge >= 0.3 is 6.01 Å². The second-order valence-electron chi connectivity index (χ2n) is 4.76. The van der Waals surface area contributed by atoms with E-state index in [0.717, 1.165) is 28.7 Å². The third-order valence-electron chi connectivity index (χ3n) is 2.80. The predicted molar refractivity (Wildman–Crippen MR) is 83.2 cm³/mol. The summed E-state index contributed by atoms with van der Waals surface area (Å²) in [5.41, 5.74) is 2.07. The summed E-state index contributed by atoms with van der Waals surface area (Å²) in [4.78, 5) is 0. The Morgan fingerprint density at radius 2 is 2.10 bits per heavy atom. The SMILES string of the molecule is CCCNC(C)c1nnc(Nc2cc(C)cc(Br)c2)o1. The average molecular weight is 339 g/mol. The molecule has 1 atom stereocenters. The van der Waals surface area contributed by atoms with Gasteiger partial charge in [-0.2, -0.15) is 0 Å². The molecule has 0 aliphatic carbocycles. The van der Waals surface area contributed by atoms with Crippen LogP contribution in [0.2, 0.25) is 0 Å². The van der Waals surface area contributed by atoms with E-state index in [4.69, 9.17) is 4.42 Å². The maximum absolute atomic E-state index is 5.62. The van der Waals surface area contributed by atoms with Crippen LogP contribution in [0.5, 0.6) is 0 Å². The van der Waals surface area contributed by atoms with Gasteiger partial charge in [-0.05, 0) is 50.6 Å². The molecule has 0 radical (unpaired) electrons. The molecular weight excluding hydrogens is 320 g/mol. The van der Waals surface area contributed by atoms with E-state index >= 15 is 0 Å². The molecule has 0 aliphatic heterocycles. The van der Waals surface area contributed by atoms with Gasteiger partial charge in [-0.15, -0.1) is 5.10 Å². The zero-order chi connectivity index (χ0) is 14.5. The van der Waals surface area contributed by atoms with E-state index in [1.54, 1.807) is 0 Å². The number of hydrogen-bond donors (Lipinski definition) is 2. The Balaban J connectivity index is 2.05. The summed E-state index contributed by atoms with van der Waals surface area (Å²) in [6.45, 7) is 7.09. The van der Waals surface area contributed by atoms with Crippen LogP contribution in [0.1, 0.15) is 37.8 Å². The molecule has 6 heteroatoms. The molecular formula is C14H19BrN4O. The fourth-order valence-corrected chi connectivity index (χ4v) is 2.45. The van der Waals surface area contributed by atoms with Crippen molar-refractivity contribution in [1.29, 1.82) is 0 Å². The average Bonchev–Trinajstić information content (AvgIpc) is 2.83. The maximum Gasteiger partial charge on any atom is 0.320 e. The van der Waals surface area contributed by atoms with E-state index < -0.39 is 0 Å². The van der Waals surface area contributed by atoms with Gasteiger partial charge in [-0.1, -0.05) is 28.0 Å². The standard InChI is InChI=1S/C14H19BrN4O/c1-4-5-16-10(3)13-18-19-14(20-13)17-12-7-9(2)6-11(15)8-12/h6-8,10,16H,4-5H2,1-3H3,(H,17,19). The number of rotatable bonds is 6. The Morgan fingerprint density at radius 1 is 1.30 bits per heavy atom. The number of benzene rings is 1. The number of anilines is 2. The minimum Gasteiger partial charge on any atom is -0.406 e. The quantitative estimate of drug-likeness (QED) is 0.834. The van der Waals surface area contributed by atoms with Crippen LogP contribution >= 0.6 is 15.9 Å². The van der Waals surface area contributed by atoms with Crippen LogP contribution in [-0.2, 0) is 0 Å². The summed E-state index contributed by atoms with van der Waals surface area (Å²) in [6, 6.07) is 6.49. The summed E-state index contributed by atoms with van der Waals surface area (Å²) in [6.07, 6.45) is 1.07. The van der Waals surface area contributed by atoms with Gasteiger partial charge in [0.2, 0.25) is 5.89 Å². The van der Waals surface area contributed by atoms with Gasteiger partial charge in [-0.3, -0.25) is 0 Å². The van der Waals surface area contributed by atoms with E-state index in [9.17, 15) is 0 Å². The number of nitrogens with zero attached hydrogens (tertiary/aromatic N) is 2. The highest BCUT2D eigenvalue weighted by molar-refractivity contribution is 9.10. The lowest BCUT2D eigenvalue weighted by atomic mass is 10.2. The summed E-state index contributed by atoms with van der Waals surface area (Å²) in [5, 5.41) is 14.5. The van der Waals surface area contributed by atoms with Gasteiger partial charge in [0, 0.05) is 10.2 Å². The molecule has 1 unspecified atom stereocenters. The van der Waals surface area contributed by atoms with Crippen molar-refractivity contribution in [2.24, 2.45) is 0 Å². The largest absolute Gasteiger partial charge is 0.406 e. The van der Waals surface area contributed by atoms with Gasteiger partial charge in [0.15, 0.2) is 0 Å². The molecule has 2 rings (SSSR count). The molecule has 2 aromatic rings. The highest BCUT2D eigenvalue weighted by atomic mass is 79.9. The Bertz CT molecular complexity index is 550. The Hall–Kier alpha value is -1.40. The third-order valence-corrected chi connectivity index (χ3v) is 3.26. The van der Waals surface area contributed by atoms with Crippen molar-refractivity contribution < 1.29 is 4.42 Å². The Labute approximate surface area is 127 Å². The van der Waals surface area contributed by atoms with Crippen LogP contribution in [0.4, 0.5) is 11.7 Å². The summed E-state index contributed by atoms with van der Waals surface area (Å²) >= 11 is 3.47. The highest BCUT2D eigenvalue weighted by Crippen LogP contribution is 2.23. The molecule has 0 spiro atoms. The van der Waals surface area contributed by atoms with Crippen LogP contribution in [0.15, 0.2) is 27.1 Å². The lowest BCUT2D eigenvalue weighted by Gasteiger charge is -2.07. The van der Waals surface area contributed by atoms with Crippen LogP contribution < -0.4 is 10.6 Å². The molecule has 0 bridgehead atoms. The van der Waals surface area contributed by atoms with Crippen molar-refractivity contribution in [2.75, 3.05) is 11.9 Å². The van der Waals surface area contributed by atoms with Crippen LogP contribution in [-0.4, -0.2) is 16.7 Å². The van der Waals surface area contributed by atoms with Gasteiger partial charge in [0.1, 0.15) is 0 Å². The van der Waals surface area contributed by atoms with Crippen molar-refractivity contribution in [1.82, 2.24) is 15.5 Å². The molecule has 20 heavy (non-hydrogen) atoms. The van der Waals surface area contributed by atoms with Crippen molar-refractivity contribution >= 4 is 27.6 Å². The van der Waals surface area contributed by atoms with E-state index in [0.29, 0.717) is 11.9 Å². The Kier molecular flexibility index (Phi) is 5.14. The number of halogens is 1. The van der Waals surface area contributed by atoms with Gasteiger partial charge in [-0.25, -0.2) is 0 Å². The second-order valence-corrected chi connectivity index (χ2v) is 5.68.